The largest absolute Gasteiger partial charge is 0.493 e. The summed E-state index contributed by atoms with van der Waals surface area (Å²) in [5.74, 6) is 1.59. The Hall–Kier alpha value is -2.72. The summed E-state index contributed by atoms with van der Waals surface area (Å²) in [7, 11) is 1.71. The van der Waals surface area contributed by atoms with Crippen LogP contribution in [-0.2, 0) is 12.0 Å². The van der Waals surface area contributed by atoms with Gasteiger partial charge in [0.25, 0.3) is 0 Å². The van der Waals surface area contributed by atoms with Gasteiger partial charge in [-0.1, -0.05) is 36.8 Å². The van der Waals surface area contributed by atoms with Crippen LogP contribution in [0.4, 0.5) is 0 Å². The lowest BCUT2D eigenvalue weighted by molar-refractivity contribution is 0.178. The molecule has 1 aliphatic carbocycles. The van der Waals surface area contributed by atoms with Crippen LogP contribution in [0, 0.1) is 6.92 Å². The molecule has 1 atom stereocenters. The van der Waals surface area contributed by atoms with Gasteiger partial charge in [0.2, 0.25) is 0 Å². The van der Waals surface area contributed by atoms with E-state index in [1.54, 1.807) is 7.11 Å². The molecule has 2 heterocycles. The van der Waals surface area contributed by atoms with Crippen molar-refractivity contribution >= 4 is 17.4 Å². The maximum absolute atomic E-state index is 6.23. The number of rotatable bonds is 6. The topological polar surface area (TPSA) is 30.5 Å². The first-order valence-corrected chi connectivity index (χ1v) is 11.4. The molecular formula is C26H27NO2S. The molecule has 154 valence electrons. The Kier molecular flexibility index (Phi) is 5.03. The van der Waals surface area contributed by atoms with Crippen LogP contribution in [-0.4, -0.2) is 7.11 Å². The molecule has 5 rings (SSSR count). The molecular weight excluding hydrogens is 390 g/mol. The van der Waals surface area contributed by atoms with E-state index in [2.05, 4.69) is 60.2 Å². The van der Waals surface area contributed by atoms with Crippen LogP contribution in [0.25, 0.3) is 6.08 Å². The van der Waals surface area contributed by atoms with Gasteiger partial charge in [0.1, 0.15) is 6.61 Å². The van der Waals surface area contributed by atoms with Gasteiger partial charge in [0, 0.05) is 10.3 Å². The summed E-state index contributed by atoms with van der Waals surface area (Å²) in [6.45, 7) is 2.78. The lowest BCUT2D eigenvalue weighted by Crippen LogP contribution is -2.46. The molecule has 30 heavy (non-hydrogen) atoms. The van der Waals surface area contributed by atoms with Crippen molar-refractivity contribution in [3.05, 3.63) is 87.2 Å². The molecule has 1 aromatic heterocycles. The third-order valence-corrected chi connectivity index (χ3v) is 7.48. The second kappa shape index (κ2) is 7.84. The molecule has 0 saturated heterocycles. The molecule has 0 spiro atoms. The number of fused-ring (bicyclic) bond motifs is 1. The summed E-state index contributed by atoms with van der Waals surface area (Å²) < 4.78 is 11.9. The van der Waals surface area contributed by atoms with Gasteiger partial charge in [-0.3, -0.25) is 0 Å². The van der Waals surface area contributed by atoms with Gasteiger partial charge in [-0.05, 0) is 77.9 Å². The maximum atomic E-state index is 6.23. The lowest BCUT2D eigenvalue weighted by Gasteiger charge is -2.49. The quantitative estimate of drug-likeness (QED) is 0.505. The van der Waals surface area contributed by atoms with E-state index < -0.39 is 0 Å². The van der Waals surface area contributed by atoms with E-state index in [1.807, 2.05) is 29.5 Å². The molecule has 3 aromatic rings. The summed E-state index contributed by atoms with van der Waals surface area (Å²) >= 11 is 1.85. The Labute approximate surface area is 182 Å². The van der Waals surface area contributed by atoms with Gasteiger partial charge in [0.05, 0.1) is 13.2 Å². The molecule has 1 N–H and O–H groups in total. The zero-order valence-corrected chi connectivity index (χ0v) is 18.3. The molecule has 1 saturated carbocycles. The van der Waals surface area contributed by atoms with Gasteiger partial charge in [-0.2, -0.15) is 0 Å². The first kappa shape index (κ1) is 19.3. The highest BCUT2D eigenvalue weighted by molar-refractivity contribution is 7.10. The van der Waals surface area contributed by atoms with Crippen molar-refractivity contribution in [3.8, 4) is 11.5 Å². The molecule has 4 heteroatoms. The van der Waals surface area contributed by atoms with Crippen molar-refractivity contribution in [2.75, 3.05) is 7.11 Å². The van der Waals surface area contributed by atoms with E-state index in [9.17, 15) is 0 Å². The Morgan fingerprint density at radius 2 is 1.93 bits per heavy atom. The summed E-state index contributed by atoms with van der Waals surface area (Å²) in [5.41, 5.74) is 5.30. The van der Waals surface area contributed by atoms with Crippen LogP contribution in [0.1, 0.15) is 52.4 Å². The van der Waals surface area contributed by atoms with E-state index in [-0.39, 0.29) is 11.5 Å². The van der Waals surface area contributed by atoms with Crippen LogP contribution in [0.5, 0.6) is 11.5 Å². The fraction of sp³-hybridized carbons (Fsp3) is 0.308. The molecule has 0 bridgehead atoms. The molecule has 2 aromatic carbocycles. The highest BCUT2D eigenvalue weighted by Gasteiger charge is 2.48. The van der Waals surface area contributed by atoms with Crippen LogP contribution in [0.2, 0.25) is 0 Å². The van der Waals surface area contributed by atoms with Crippen molar-refractivity contribution in [1.29, 1.82) is 0 Å². The van der Waals surface area contributed by atoms with E-state index in [1.165, 1.54) is 40.8 Å². The third kappa shape index (κ3) is 3.20. The van der Waals surface area contributed by atoms with E-state index in [4.69, 9.17) is 9.47 Å². The predicted molar refractivity (Wildman–Crippen MR) is 123 cm³/mol. The van der Waals surface area contributed by atoms with E-state index in [0.29, 0.717) is 6.61 Å². The second-order valence-corrected chi connectivity index (χ2v) is 9.36. The first-order valence-electron chi connectivity index (χ1n) is 10.6. The Morgan fingerprint density at radius 3 is 2.60 bits per heavy atom. The summed E-state index contributed by atoms with van der Waals surface area (Å²) in [6.07, 6.45) is 7.93. The fourth-order valence-corrected chi connectivity index (χ4v) is 5.75. The number of aryl methyl sites for hydroxylation is 1. The van der Waals surface area contributed by atoms with Crippen molar-refractivity contribution in [3.63, 3.8) is 0 Å². The summed E-state index contributed by atoms with van der Waals surface area (Å²) in [4.78, 5) is 1.43. The number of ether oxygens (including phenoxy) is 2. The minimum absolute atomic E-state index is 0.148. The third-order valence-electron chi connectivity index (χ3n) is 6.64. The van der Waals surface area contributed by atoms with Gasteiger partial charge in [0.15, 0.2) is 11.5 Å². The zero-order chi connectivity index (χ0) is 20.6. The van der Waals surface area contributed by atoms with Crippen LogP contribution < -0.4 is 14.8 Å². The van der Waals surface area contributed by atoms with Gasteiger partial charge in [-0.15, -0.1) is 11.3 Å². The van der Waals surface area contributed by atoms with Crippen molar-refractivity contribution < 1.29 is 9.47 Å². The summed E-state index contributed by atoms with van der Waals surface area (Å²) in [6, 6.07) is 17.2. The number of hydrogen-bond acceptors (Lipinski definition) is 4. The highest BCUT2D eigenvalue weighted by atomic mass is 32.1. The Balaban J connectivity index is 1.53. The first-order chi connectivity index (χ1) is 14.7. The standard InChI is InChI=1S/C26H27NO2S/c1-18-22(10-14-30-18)26(11-6-12-26)25-21-16-24(29-17-19-7-4-3-5-8-19)23(28-2)15-20(21)9-13-27-25/h3-5,7-10,13-16,25,27H,6,11-12,17H2,1-2H3. The van der Waals surface area contributed by atoms with E-state index >= 15 is 0 Å². The molecule has 1 aliphatic heterocycles. The van der Waals surface area contributed by atoms with Crippen molar-refractivity contribution in [1.82, 2.24) is 5.32 Å². The minimum atomic E-state index is 0.148. The Morgan fingerprint density at radius 1 is 1.10 bits per heavy atom. The lowest BCUT2D eigenvalue weighted by atomic mass is 9.58. The maximum Gasteiger partial charge on any atom is 0.162 e. The average Bonchev–Trinajstić information content (AvgIpc) is 3.18. The van der Waals surface area contributed by atoms with Gasteiger partial charge >= 0.3 is 0 Å². The van der Waals surface area contributed by atoms with Gasteiger partial charge < -0.3 is 14.8 Å². The zero-order valence-electron chi connectivity index (χ0n) is 17.5. The molecule has 0 radical (unpaired) electrons. The summed E-state index contributed by atoms with van der Waals surface area (Å²) in [5, 5.41) is 5.93. The minimum Gasteiger partial charge on any atom is -0.493 e. The predicted octanol–water partition coefficient (Wildman–Crippen LogP) is 6.38. The SMILES string of the molecule is COc1cc2c(cc1OCc1ccccc1)C(C1(c3ccsc3C)CCC1)NC=C2. The number of methoxy groups -OCH3 is 1. The number of nitrogens with one attached hydrogen (secondary N) is 1. The highest BCUT2D eigenvalue weighted by Crippen LogP contribution is 2.55. The molecule has 2 aliphatic rings. The van der Waals surface area contributed by atoms with Crippen molar-refractivity contribution in [2.24, 2.45) is 0 Å². The van der Waals surface area contributed by atoms with Crippen LogP contribution >= 0.6 is 11.3 Å². The Bertz CT molecular complexity index is 1070. The normalized spacial score (nSPS) is 18.8. The number of benzene rings is 2. The number of thiophene rings is 1. The van der Waals surface area contributed by atoms with Crippen LogP contribution in [0.15, 0.2) is 60.1 Å². The van der Waals surface area contributed by atoms with Crippen LogP contribution in [0.3, 0.4) is 0 Å². The molecule has 0 amide bonds. The van der Waals surface area contributed by atoms with Gasteiger partial charge in [-0.25, -0.2) is 0 Å². The van der Waals surface area contributed by atoms with E-state index in [0.717, 1.165) is 17.1 Å². The molecule has 1 unspecified atom stereocenters. The fourth-order valence-electron chi connectivity index (χ4n) is 4.95. The number of hydrogen-bond donors (Lipinski definition) is 1. The average molecular weight is 418 g/mol. The van der Waals surface area contributed by atoms with Crippen molar-refractivity contribution in [2.45, 2.75) is 44.2 Å². The molecule has 3 nitrogen and oxygen atoms in total. The smallest absolute Gasteiger partial charge is 0.162 e. The second-order valence-electron chi connectivity index (χ2n) is 8.24. The molecule has 1 fully saturated rings. The monoisotopic (exact) mass is 417 g/mol.